The van der Waals surface area contributed by atoms with E-state index in [4.69, 9.17) is 9.47 Å². The van der Waals surface area contributed by atoms with Gasteiger partial charge in [0.1, 0.15) is 0 Å². The Bertz CT molecular complexity index is 1440. The minimum absolute atomic E-state index is 0.0450. The number of hydrogen-bond acceptors (Lipinski definition) is 6. The summed E-state index contributed by atoms with van der Waals surface area (Å²) in [6.45, 7) is 2.33. The van der Waals surface area contributed by atoms with Crippen LogP contribution in [0.15, 0.2) is 108 Å². The molecule has 1 unspecified atom stereocenters. The molecule has 41 heavy (non-hydrogen) atoms. The Balaban J connectivity index is 1.52. The first-order valence-corrected chi connectivity index (χ1v) is 14.6. The van der Waals surface area contributed by atoms with E-state index in [9.17, 15) is 15.1 Å². The van der Waals surface area contributed by atoms with Crippen LogP contribution in [0.2, 0.25) is 0 Å². The first-order valence-electron chi connectivity index (χ1n) is 13.6. The number of anilines is 1. The lowest BCUT2D eigenvalue weighted by atomic mass is 9.84. The average molecular weight is 572 g/mol. The zero-order valence-corrected chi connectivity index (χ0v) is 23.5. The standard InChI is InChI=1S/C32H33N3O5S/c1-2-33-32(37)34-26-12-8-11-25(19-26)31-39-27(21-41-28-13-6-7-18-35(28)38)29(23-9-4-3-5-10-23)30(40-31)24-16-14-22(20-36)15-17-24/h3-19,27,29-31,36H,2,20-21H2,1H3,(H2,33,34,37)/t27-,29-,30+,31?/m1/s1. The average Bonchev–Trinajstić information content (AvgIpc) is 3.01. The second-order valence-electron chi connectivity index (χ2n) is 9.68. The monoisotopic (exact) mass is 571 g/mol. The van der Waals surface area contributed by atoms with Crippen LogP contribution < -0.4 is 15.4 Å². The van der Waals surface area contributed by atoms with E-state index in [1.54, 1.807) is 12.1 Å². The number of benzene rings is 3. The van der Waals surface area contributed by atoms with Gasteiger partial charge >= 0.3 is 6.03 Å². The summed E-state index contributed by atoms with van der Waals surface area (Å²) in [5.41, 5.74) is 4.21. The van der Waals surface area contributed by atoms with Crippen molar-refractivity contribution in [1.82, 2.24) is 5.32 Å². The Labute approximate surface area is 243 Å². The predicted molar refractivity (Wildman–Crippen MR) is 158 cm³/mol. The SMILES string of the molecule is CCNC(=O)Nc1cccc(C2O[C@H](CSc3cccc[n+]3[O-])[C@@H](c3ccccc3)[C@H](c3ccc(CO)cc3)O2)c1. The van der Waals surface area contributed by atoms with Gasteiger partial charge < -0.3 is 30.4 Å². The Kier molecular flexibility index (Phi) is 9.53. The number of pyridine rings is 1. The lowest BCUT2D eigenvalue weighted by molar-refractivity contribution is -0.645. The van der Waals surface area contributed by atoms with Crippen LogP contribution in [0.5, 0.6) is 0 Å². The molecule has 3 aromatic carbocycles. The Morgan fingerprint density at radius 3 is 2.41 bits per heavy atom. The van der Waals surface area contributed by atoms with Gasteiger partial charge in [-0.15, -0.1) is 0 Å². The second-order valence-corrected chi connectivity index (χ2v) is 10.7. The van der Waals surface area contributed by atoms with E-state index < -0.39 is 6.29 Å². The van der Waals surface area contributed by atoms with Crippen LogP contribution in [0.1, 0.15) is 47.5 Å². The third-order valence-corrected chi connectivity index (χ3v) is 8.02. The number of amides is 2. The van der Waals surface area contributed by atoms with E-state index in [0.29, 0.717) is 23.0 Å². The predicted octanol–water partition coefficient (Wildman–Crippen LogP) is 5.69. The summed E-state index contributed by atoms with van der Waals surface area (Å²) < 4.78 is 14.3. The molecule has 2 heterocycles. The van der Waals surface area contributed by atoms with E-state index >= 15 is 0 Å². The maximum absolute atomic E-state index is 12.4. The highest BCUT2D eigenvalue weighted by Crippen LogP contribution is 2.48. The lowest BCUT2D eigenvalue weighted by Crippen LogP contribution is -2.39. The van der Waals surface area contributed by atoms with Gasteiger partial charge in [0, 0.05) is 41.6 Å². The number of carbonyl (C=O) groups excluding carboxylic acids is 1. The molecule has 0 saturated carbocycles. The van der Waals surface area contributed by atoms with Crippen LogP contribution >= 0.6 is 11.8 Å². The third kappa shape index (κ3) is 7.07. The van der Waals surface area contributed by atoms with Crippen LogP contribution in [0.4, 0.5) is 10.5 Å². The molecule has 0 spiro atoms. The molecule has 9 heteroatoms. The number of aliphatic hydroxyl groups excluding tert-OH is 1. The molecule has 5 rings (SSSR count). The number of hydrogen-bond donors (Lipinski definition) is 3. The van der Waals surface area contributed by atoms with Crippen molar-refractivity contribution in [3.05, 3.63) is 131 Å². The molecule has 1 fully saturated rings. The normalized spacial score (nSPS) is 20.3. The number of nitrogens with one attached hydrogen (secondary N) is 2. The Morgan fingerprint density at radius 1 is 0.927 bits per heavy atom. The fourth-order valence-electron chi connectivity index (χ4n) is 4.94. The molecular formula is C32H33N3O5S. The van der Waals surface area contributed by atoms with Crippen LogP contribution in [0, 0.1) is 5.21 Å². The summed E-state index contributed by atoms with van der Waals surface area (Å²) in [7, 11) is 0. The van der Waals surface area contributed by atoms with Gasteiger partial charge in [0.2, 0.25) is 0 Å². The molecule has 0 bridgehead atoms. The molecule has 4 aromatic rings. The minimum Gasteiger partial charge on any atom is -0.618 e. The summed E-state index contributed by atoms with van der Waals surface area (Å²) >= 11 is 1.44. The fourth-order valence-corrected chi connectivity index (χ4v) is 5.93. The van der Waals surface area contributed by atoms with Crippen molar-refractivity contribution >= 4 is 23.5 Å². The fraction of sp³-hybridized carbons (Fsp3) is 0.250. The summed E-state index contributed by atoms with van der Waals surface area (Å²) in [4.78, 5) is 12.2. The number of ether oxygens (including phenoxy) is 2. The molecule has 2 amide bonds. The quantitative estimate of drug-likeness (QED) is 0.136. The molecule has 4 atom stereocenters. The number of urea groups is 1. The highest BCUT2D eigenvalue weighted by molar-refractivity contribution is 7.99. The molecular weight excluding hydrogens is 538 g/mol. The number of nitrogens with zero attached hydrogens (tertiary/aromatic N) is 1. The maximum Gasteiger partial charge on any atom is 0.319 e. The minimum atomic E-state index is -0.728. The van der Waals surface area contributed by atoms with Crippen LogP contribution in [-0.2, 0) is 16.1 Å². The number of aromatic nitrogens is 1. The Hall–Kier alpha value is -3.89. The molecule has 3 N–H and O–H groups in total. The van der Waals surface area contributed by atoms with Gasteiger partial charge in [-0.3, -0.25) is 0 Å². The first kappa shape index (κ1) is 28.6. The number of thioether (sulfide) groups is 1. The molecule has 1 saturated heterocycles. The first-order chi connectivity index (χ1) is 20.1. The smallest absolute Gasteiger partial charge is 0.319 e. The van der Waals surface area contributed by atoms with E-state index in [1.165, 1.54) is 18.0 Å². The van der Waals surface area contributed by atoms with Gasteiger partial charge in [-0.2, -0.15) is 4.73 Å². The van der Waals surface area contributed by atoms with Crippen LogP contribution in [0.3, 0.4) is 0 Å². The van der Waals surface area contributed by atoms with Crippen molar-refractivity contribution in [3.8, 4) is 0 Å². The van der Waals surface area contributed by atoms with Gasteiger partial charge in [-0.05, 0) is 41.8 Å². The summed E-state index contributed by atoms with van der Waals surface area (Å²) in [5.74, 6) is 0.327. The topological polar surface area (TPSA) is 107 Å². The highest BCUT2D eigenvalue weighted by atomic mass is 32.2. The summed E-state index contributed by atoms with van der Waals surface area (Å²) in [6, 6.07) is 30.4. The van der Waals surface area contributed by atoms with E-state index in [-0.39, 0.29) is 30.8 Å². The lowest BCUT2D eigenvalue weighted by Gasteiger charge is -2.43. The van der Waals surface area contributed by atoms with Crippen molar-refractivity contribution in [3.63, 3.8) is 0 Å². The zero-order chi connectivity index (χ0) is 28.6. The molecule has 8 nitrogen and oxygen atoms in total. The van der Waals surface area contributed by atoms with E-state index in [1.807, 2.05) is 79.7 Å². The van der Waals surface area contributed by atoms with Gasteiger partial charge in [0.05, 0.1) is 18.8 Å². The Morgan fingerprint density at radius 2 is 1.68 bits per heavy atom. The zero-order valence-electron chi connectivity index (χ0n) is 22.7. The molecule has 1 aliphatic rings. The van der Waals surface area contributed by atoms with Gasteiger partial charge in [0.15, 0.2) is 12.5 Å². The van der Waals surface area contributed by atoms with Gasteiger partial charge in [-0.1, -0.05) is 78.5 Å². The molecule has 0 aliphatic carbocycles. The maximum atomic E-state index is 12.4. The number of rotatable bonds is 9. The largest absolute Gasteiger partial charge is 0.618 e. The van der Waals surface area contributed by atoms with Crippen LogP contribution in [-0.4, -0.2) is 29.5 Å². The van der Waals surface area contributed by atoms with Gasteiger partial charge in [0.25, 0.3) is 5.03 Å². The summed E-state index contributed by atoms with van der Waals surface area (Å²) in [5, 5.41) is 28.2. The molecule has 1 aliphatic heterocycles. The van der Waals surface area contributed by atoms with E-state index in [2.05, 4.69) is 22.8 Å². The number of carbonyl (C=O) groups is 1. The molecule has 0 radical (unpaired) electrons. The molecule has 1 aromatic heterocycles. The molecule has 212 valence electrons. The van der Waals surface area contributed by atoms with Crippen molar-refractivity contribution in [2.24, 2.45) is 0 Å². The van der Waals surface area contributed by atoms with Crippen molar-refractivity contribution in [1.29, 1.82) is 0 Å². The van der Waals surface area contributed by atoms with Crippen molar-refractivity contribution in [2.75, 3.05) is 17.6 Å². The van der Waals surface area contributed by atoms with Crippen molar-refractivity contribution < 1.29 is 24.1 Å². The highest BCUT2D eigenvalue weighted by Gasteiger charge is 2.42. The van der Waals surface area contributed by atoms with Gasteiger partial charge in [-0.25, -0.2) is 4.79 Å². The van der Waals surface area contributed by atoms with Crippen molar-refractivity contribution in [2.45, 2.75) is 43.0 Å². The number of aliphatic hydroxyl groups is 1. The second kappa shape index (κ2) is 13.6. The third-order valence-electron chi connectivity index (χ3n) is 6.91. The van der Waals surface area contributed by atoms with E-state index in [0.717, 1.165) is 27.0 Å². The van der Waals surface area contributed by atoms with Crippen LogP contribution in [0.25, 0.3) is 0 Å². The summed E-state index contributed by atoms with van der Waals surface area (Å²) in [6.07, 6.45) is 0.0475.